The van der Waals surface area contributed by atoms with Gasteiger partial charge in [-0.15, -0.1) is 0 Å². The van der Waals surface area contributed by atoms with Gasteiger partial charge in [-0.05, 0) is 56.0 Å². The number of piperidine rings is 1. The van der Waals surface area contributed by atoms with Crippen LogP contribution in [0.5, 0.6) is 5.75 Å². The van der Waals surface area contributed by atoms with E-state index in [-0.39, 0.29) is 0 Å². The van der Waals surface area contributed by atoms with Gasteiger partial charge in [0.2, 0.25) is 0 Å². The lowest BCUT2D eigenvalue weighted by Gasteiger charge is -2.27. The SMILES string of the molecule is Cc1cc(Cl)c(C2CCCCN2)c(C)c1O. The topological polar surface area (TPSA) is 32.3 Å². The van der Waals surface area contributed by atoms with E-state index in [4.69, 9.17) is 11.6 Å². The van der Waals surface area contributed by atoms with Crippen LogP contribution in [-0.4, -0.2) is 11.7 Å². The molecule has 0 bridgehead atoms. The van der Waals surface area contributed by atoms with Crippen molar-refractivity contribution in [3.8, 4) is 5.75 Å². The largest absolute Gasteiger partial charge is 0.507 e. The molecule has 2 nitrogen and oxygen atoms in total. The summed E-state index contributed by atoms with van der Waals surface area (Å²) in [5, 5.41) is 14.2. The van der Waals surface area contributed by atoms with E-state index in [2.05, 4.69) is 5.32 Å². The van der Waals surface area contributed by atoms with Crippen molar-refractivity contribution in [2.75, 3.05) is 6.54 Å². The fraction of sp³-hybridized carbons (Fsp3) is 0.538. The summed E-state index contributed by atoms with van der Waals surface area (Å²) >= 11 is 6.29. The molecule has 1 aromatic rings. The number of phenolic OH excluding ortho intramolecular Hbond substituents is 1. The van der Waals surface area contributed by atoms with Crippen molar-refractivity contribution in [2.45, 2.75) is 39.2 Å². The van der Waals surface area contributed by atoms with Crippen LogP contribution in [0.2, 0.25) is 5.02 Å². The highest BCUT2D eigenvalue weighted by molar-refractivity contribution is 6.31. The predicted molar refractivity (Wildman–Crippen MR) is 67.2 cm³/mol. The third-order valence-electron chi connectivity index (χ3n) is 3.39. The Morgan fingerprint density at radius 2 is 2.12 bits per heavy atom. The quantitative estimate of drug-likeness (QED) is 0.787. The minimum atomic E-state index is 0.299. The Bertz CT molecular complexity index is 397. The minimum Gasteiger partial charge on any atom is -0.507 e. The molecule has 0 aromatic heterocycles. The zero-order valence-electron chi connectivity index (χ0n) is 9.81. The second-order valence-corrected chi connectivity index (χ2v) is 4.97. The standard InChI is InChI=1S/C13H18ClNO/c1-8-7-10(14)12(9(2)13(8)16)11-5-3-4-6-15-11/h7,11,15-16H,3-6H2,1-2H3. The molecule has 2 N–H and O–H groups in total. The first-order chi connectivity index (χ1) is 7.61. The number of aryl methyl sites for hydroxylation is 1. The number of hydrogen-bond donors (Lipinski definition) is 2. The summed E-state index contributed by atoms with van der Waals surface area (Å²) in [6, 6.07) is 2.16. The van der Waals surface area contributed by atoms with Gasteiger partial charge in [0.25, 0.3) is 0 Å². The van der Waals surface area contributed by atoms with Crippen LogP contribution in [0.25, 0.3) is 0 Å². The maximum absolute atomic E-state index is 9.96. The normalized spacial score (nSPS) is 21.1. The van der Waals surface area contributed by atoms with Crippen molar-refractivity contribution in [2.24, 2.45) is 0 Å². The van der Waals surface area contributed by atoms with Crippen molar-refractivity contribution in [1.82, 2.24) is 5.32 Å². The number of phenols is 1. The van der Waals surface area contributed by atoms with Crippen molar-refractivity contribution in [3.05, 3.63) is 27.8 Å². The average Bonchev–Trinajstić information content (AvgIpc) is 2.28. The zero-order valence-corrected chi connectivity index (χ0v) is 10.6. The summed E-state index contributed by atoms with van der Waals surface area (Å²) in [5.41, 5.74) is 2.84. The molecule has 0 spiro atoms. The average molecular weight is 240 g/mol. The molecule has 1 heterocycles. The van der Waals surface area contributed by atoms with E-state index in [9.17, 15) is 5.11 Å². The molecule has 1 saturated heterocycles. The molecule has 0 radical (unpaired) electrons. The Labute approximate surface area is 102 Å². The third kappa shape index (κ3) is 2.04. The number of rotatable bonds is 1. The summed E-state index contributed by atoms with van der Waals surface area (Å²) in [6.07, 6.45) is 3.55. The van der Waals surface area contributed by atoms with Crippen LogP contribution in [-0.2, 0) is 0 Å². The molecule has 2 rings (SSSR count). The van der Waals surface area contributed by atoms with E-state index in [0.717, 1.165) is 34.7 Å². The Morgan fingerprint density at radius 3 is 2.75 bits per heavy atom. The highest BCUT2D eigenvalue weighted by Crippen LogP contribution is 2.37. The van der Waals surface area contributed by atoms with Crippen molar-refractivity contribution >= 4 is 11.6 Å². The van der Waals surface area contributed by atoms with Gasteiger partial charge in [0.05, 0.1) is 0 Å². The van der Waals surface area contributed by atoms with Gasteiger partial charge >= 0.3 is 0 Å². The van der Waals surface area contributed by atoms with Crippen molar-refractivity contribution in [3.63, 3.8) is 0 Å². The van der Waals surface area contributed by atoms with Crippen LogP contribution in [0, 0.1) is 13.8 Å². The maximum atomic E-state index is 9.96. The van der Waals surface area contributed by atoms with E-state index in [1.165, 1.54) is 12.8 Å². The molecule has 1 atom stereocenters. The molecule has 0 aliphatic carbocycles. The Balaban J connectivity index is 2.42. The smallest absolute Gasteiger partial charge is 0.121 e. The van der Waals surface area contributed by atoms with Gasteiger partial charge < -0.3 is 10.4 Å². The van der Waals surface area contributed by atoms with E-state index in [1.807, 2.05) is 19.9 Å². The Morgan fingerprint density at radius 1 is 1.38 bits per heavy atom. The molecule has 0 amide bonds. The highest BCUT2D eigenvalue weighted by Gasteiger charge is 2.21. The van der Waals surface area contributed by atoms with Crippen LogP contribution in [0.3, 0.4) is 0 Å². The minimum absolute atomic E-state index is 0.299. The van der Waals surface area contributed by atoms with Gasteiger partial charge in [0, 0.05) is 11.1 Å². The van der Waals surface area contributed by atoms with Crippen LogP contribution in [0.1, 0.15) is 42.0 Å². The van der Waals surface area contributed by atoms with Gasteiger partial charge in [-0.1, -0.05) is 18.0 Å². The molecule has 0 saturated carbocycles. The fourth-order valence-electron chi connectivity index (χ4n) is 2.46. The highest BCUT2D eigenvalue weighted by atomic mass is 35.5. The Hall–Kier alpha value is -0.730. The van der Waals surface area contributed by atoms with E-state index < -0.39 is 0 Å². The number of nitrogens with one attached hydrogen (secondary N) is 1. The fourth-order valence-corrected chi connectivity index (χ4v) is 2.90. The predicted octanol–water partition coefficient (Wildman–Crippen LogP) is 3.48. The molecular weight excluding hydrogens is 222 g/mol. The molecule has 3 heteroatoms. The summed E-state index contributed by atoms with van der Waals surface area (Å²) < 4.78 is 0. The van der Waals surface area contributed by atoms with Gasteiger partial charge in [0.1, 0.15) is 5.75 Å². The molecule has 88 valence electrons. The van der Waals surface area contributed by atoms with Crippen molar-refractivity contribution in [1.29, 1.82) is 0 Å². The molecule has 1 fully saturated rings. The first-order valence-electron chi connectivity index (χ1n) is 5.83. The lowest BCUT2D eigenvalue weighted by atomic mass is 9.92. The Kier molecular flexibility index (Phi) is 3.41. The van der Waals surface area contributed by atoms with E-state index >= 15 is 0 Å². The van der Waals surface area contributed by atoms with Crippen molar-refractivity contribution < 1.29 is 5.11 Å². The zero-order chi connectivity index (χ0) is 11.7. The summed E-state index contributed by atoms with van der Waals surface area (Å²) in [7, 11) is 0. The van der Waals surface area contributed by atoms with Gasteiger partial charge in [-0.2, -0.15) is 0 Å². The van der Waals surface area contributed by atoms with E-state index in [1.54, 1.807) is 0 Å². The molecule has 1 aromatic carbocycles. The van der Waals surface area contributed by atoms with Gasteiger partial charge in [0.15, 0.2) is 0 Å². The summed E-state index contributed by atoms with van der Waals surface area (Å²) in [5.74, 6) is 0.381. The second-order valence-electron chi connectivity index (χ2n) is 4.57. The van der Waals surface area contributed by atoms with Crippen LogP contribution in [0.4, 0.5) is 0 Å². The lowest BCUT2D eigenvalue weighted by Crippen LogP contribution is -2.27. The molecule has 16 heavy (non-hydrogen) atoms. The van der Waals surface area contributed by atoms with Crippen LogP contribution in [0.15, 0.2) is 6.07 Å². The van der Waals surface area contributed by atoms with Gasteiger partial charge in [-0.3, -0.25) is 0 Å². The third-order valence-corrected chi connectivity index (χ3v) is 3.70. The molecule has 1 unspecified atom stereocenters. The number of aromatic hydroxyl groups is 1. The number of hydrogen-bond acceptors (Lipinski definition) is 2. The lowest BCUT2D eigenvalue weighted by molar-refractivity contribution is 0.407. The molecule has 1 aliphatic heterocycles. The van der Waals surface area contributed by atoms with Crippen LogP contribution >= 0.6 is 11.6 Å². The molecular formula is C13H18ClNO. The number of benzene rings is 1. The van der Waals surface area contributed by atoms with E-state index in [0.29, 0.717) is 11.8 Å². The summed E-state index contributed by atoms with van der Waals surface area (Å²) in [4.78, 5) is 0. The monoisotopic (exact) mass is 239 g/mol. The van der Waals surface area contributed by atoms with Crippen LogP contribution < -0.4 is 5.32 Å². The maximum Gasteiger partial charge on any atom is 0.121 e. The van der Waals surface area contributed by atoms with Gasteiger partial charge in [-0.25, -0.2) is 0 Å². The first kappa shape index (κ1) is 11.7. The second kappa shape index (κ2) is 4.64. The summed E-state index contributed by atoms with van der Waals surface area (Å²) in [6.45, 7) is 4.86. The number of halogens is 1. The first-order valence-corrected chi connectivity index (χ1v) is 6.21. The molecule has 1 aliphatic rings.